The van der Waals surface area contributed by atoms with Gasteiger partial charge in [-0.05, 0) is 36.1 Å². The van der Waals surface area contributed by atoms with Crippen molar-refractivity contribution in [1.82, 2.24) is 4.98 Å². The standard InChI is InChI=1S/C27H30N4O4S/c1-30(25(35)27(15-24(33)34)13-19-8-5-6-9-20(19)14-27)26-29-22(17-36-26)18-10-7-11-21(12-18)28-23(32)16-31(2,3)4/h5-12,17H,13-16H2,1-4H3,(H-,28,32,33,34). The summed E-state index contributed by atoms with van der Waals surface area (Å²) in [5.74, 6) is -1.61. The van der Waals surface area contributed by atoms with Gasteiger partial charge in [-0.3, -0.25) is 14.5 Å². The number of fused-ring (bicyclic) bond motifs is 1. The molecule has 1 N–H and O–H groups in total. The van der Waals surface area contributed by atoms with Gasteiger partial charge in [0.25, 0.3) is 5.91 Å². The Balaban J connectivity index is 1.53. The fraction of sp³-hybridized carbons (Fsp3) is 0.333. The number of benzene rings is 2. The van der Waals surface area contributed by atoms with Crippen LogP contribution in [0.15, 0.2) is 53.9 Å². The van der Waals surface area contributed by atoms with Crippen molar-refractivity contribution in [3.8, 4) is 11.3 Å². The summed E-state index contributed by atoms with van der Waals surface area (Å²) < 4.78 is 0.520. The van der Waals surface area contributed by atoms with Gasteiger partial charge in [-0.25, -0.2) is 4.98 Å². The number of likely N-dealkylation sites (N-methyl/N-ethyl adjacent to an activating group) is 1. The summed E-state index contributed by atoms with van der Waals surface area (Å²) in [6.07, 6.45) is 0.360. The molecule has 188 valence electrons. The van der Waals surface area contributed by atoms with Crippen LogP contribution in [-0.2, 0) is 27.2 Å². The van der Waals surface area contributed by atoms with Gasteiger partial charge in [-0.15, -0.1) is 11.3 Å². The zero-order chi connectivity index (χ0) is 26.1. The Morgan fingerprint density at radius 1 is 1.08 bits per heavy atom. The fourth-order valence-corrected chi connectivity index (χ4v) is 5.50. The first kappa shape index (κ1) is 25.5. The second-order valence-electron chi connectivity index (χ2n) is 10.4. The van der Waals surface area contributed by atoms with E-state index in [0.717, 1.165) is 16.7 Å². The molecule has 2 aromatic carbocycles. The maximum Gasteiger partial charge on any atom is 0.279 e. The lowest BCUT2D eigenvalue weighted by Gasteiger charge is -2.31. The number of aromatic nitrogens is 1. The molecule has 36 heavy (non-hydrogen) atoms. The molecule has 0 fully saturated rings. The predicted octanol–water partition coefficient (Wildman–Crippen LogP) is 2.34. The van der Waals surface area contributed by atoms with E-state index in [9.17, 15) is 19.5 Å². The molecule has 3 aromatic rings. The van der Waals surface area contributed by atoms with Crippen LogP contribution in [0.3, 0.4) is 0 Å². The Morgan fingerprint density at radius 3 is 2.36 bits per heavy atom. The first-order chi connectivity index (χ1) is 17.0. The summed E-state index contributed by atoms with van der Waals surface area (Å²) in [5.41, 5.74) is 3.02. The number of hydrogen-bond acceptors (Lipinski definition) is 6. The smallest absolute Gasteiger partial charge is 0.279 e. The highest BCUT2D eigenvalue weighted by atomic mass is 32.1. The van der Waals surface area contributed by atoms with E-state index in [2.05, 4.69) is 10.3 Å². The monoisotopic (exact) mass is 506 g/mol. The average Bonchev–Trinajstić information content (AvgIpc) is 3.42. The number of nitrogens with one attached hydrogen (secondary N) is 1. The van der Waals surface area contributed by atoms with E-state index in [4.69, 9.17) is 0 Å². The number of carboxylic acids is 1. The van der Waals surface area contributed by atoms with Crippen LogP contribution < -0.4 is 15.3 Å². The third kappa shape index (κ3) is 5.63. The molecule has 1 aromatic heterocycles. The van der Waals surface area contributed by atoms with Crippen molar-refractivity contribution < 1.29 is 24.0 Å². The van der Waals surface area contributed by atoms with Crippen molar-refractivity contribution in [3.05, 3.63) is 65.0 Å². The van der Waals surface area contributed by atoms with Crippen LogP contribution in [-0.4, -0.2) is 62.0 Å². The Bertz CT molecular complexity index is 1290. The molecular weight excluding hydrogens is 476 g/mol. The number of quaternary nitrogens is 1. The number of carboxylic acid groups (broad SMARTS) is 1. The Labute approximate surface area is 214 Å². The second kappa shape index (κ2) is 9.83. The molecule has 0 radical (unpaired) electrons. The largest absolute Gasteiger partial charge is 0.550 e. The molecule has 1 aliphatic carbocycles. The summed E-state index contributed by atoms with van der Waals surface area (Å²) in [6.45, 7) is 0.343. The van der Waals surface area contributed by atoms with Gasteiger partial charge in [0.2, 0.25) is 5.91 Å². The summed E-state index contributed by atoms with van der Waals surface area (Å²) >= 11 is 1.31. The lowest BCUT2D eigenvalue weighted by molar-refractivity contribution is -0.861. The molecule has 0 saturated carbocycles. The normalized spacial score (nSPS) is 14.2. The van der Waals surface area contributed by atoms with E-state index in [0.29, 0.717) is 40.4 Å². The minimum absolute atomic E-state index is 0.0836. The van der Waals surface area contributed by atoms with Crippen molar-refractivity contribution in [2.45, 2.75) is 19.3 Å². The van der Waals surface area contributed by atoms with Gasteiger partial charge in [0.15, 0.2) is 11.7 Å². The third-order valence-corrected chi connectivity index (χ3v) is 7.17. The van der Waals surface area contributed by atoms with Gasteiger partial charge in [-0.2, -0.15) is 0 Å². The van der Waals surface area contributed by atoms with Crippen molar-refractivity contribution >= 4 is 39.9 Å². The van der Waals surface area contributed by atoms with Crippen LogP contribution in [0.2, 0.25) is 0 Å². The average molecular weight is 507 g/mol. The van der Waals surface area contributed by atoms with Crippen molar-refractivity contribution in [3.63, 3.8) is 0 Å². The number of rotatable bonds is 8. The van der Waals surface area contributed by atoms with Crippen LogP contribution in [0, 0.1) is 5.41 Å². The second-order valence-corrected chi connectivity index (χ2v) is 11.2. The highest BCUT2D eigenvalue weighted by Crippen LogP contribution is 2.42. The van der Waals surface area contributed by atoms with Crippen LogP contribution in [0.25, 0.3) is 11.3 Å². The molecule has 9 heteroatoms. The van der Waals surface area contributed by atoms with Gasteiger partial charge in [-0.1, -0.05) is 36.4 Å². The maximum absolute atomic E-state index is 13.7. The number of anilines is 2. The first-order valence-electron chi connectivity index (χ1n) is 11.7. The lowest BCUT2D eigenvalue weighted by Crippen LogP contribution is -2.46. The topological polar surface area (TPSA) is 102 Å². The quantitative estimate of drug-likeness (QED) is 0.473. The van der Waals surface area contributed by atoms with Gasteiger partial charge >= 0.3 is 0 Å². The van der Waals surface area contributed by atoms with Crippen LogP contribution in [0.5, 0.6) is 0 Å². The predicted molar refractivity (Wildman–Crippen MR) is 138 cm³/mol. The molecule has 0 aliphatic heterocycles. The Kier molecular flexibility index (Phi) is 6.97. The van der Waals surface area contributed by atoms with Crippen LogP contribution >= 0.6 is 11.3 Å². The third-order valence-electron chi connectivity index (χ3n) is 6.26. The zero-order valence-electron chi connectivity index (χ0n) is 20.9. The van der Waals surface area contributed by atoms with E-state index in [1.54, 1.807) is 7.05 Å². The van der Waals surface area contributed by atoms with Gasteiger partial charge in [0.05, 0.1) is 32.3 Å². The maximum atomic E-state index is 13.7. The van der Waals surface area contributed by atoms with Crippen LogP contribution in [0.4, 0.5) is 10.8 Å². The number of carbonyl (C=O) groups excluding carboxylic acids is 3. The molecule has 0 bridgehead atoms. The number of thiazole rings is 1. The minimum Gasteiger partial charge on any atom is -0.550 e. The summed E-state index contributed by atoms with van der Waals surface area (Å²) in [7, 11) is 7.48. The highest BCUT2D eigenvalue weighted by molar-refractivity contribution is 7.14. The van der Waals surface area contributed by atoms with E-state index < -0.39 is 11.4 Å². The van der Waals surface area contributed by atoms with Crippen LogP contribution in [0.1, 0.15) is 17.5 Å². The number of carbonyl (C=O) groups is 3. The van der Waals surface area contributed by atoms with Gasteiger partial charge in [0, 0.05) is 36.1 Å². The molecule has 2 amide bonds. The Hall–Kier alpha value is -3.56. The first-order valence-corrected chi connectivity index (χ1v) is 12.5. The van der Waals surface area contributed by atoms with E-state index in [-0.39, 0.29) is 18.2 Å². The Morgan fingerprint density at radius 2 is 1.75 bits per heavy atom. The number of aliphatic carboxylic acids is 1. The minimum atomic E-state index is -1.24. The number of hydrogen-bond donors (Lipinski definition) is 1. The lowest BCUT2D eigenvalue weighted by atomic mass is 9.80. The van der Waals surface area contributed by atoms with Crippen molar-refractivity contribution in [2.24, 2.45) is 5.41 Å². The number of amides is 2. The van der Waals surface area contributed by atoms with Crippen molar-refractivity contribution in [1.29, 1.82) is 0 Å². The number of nitrogens with zero attached hydrogens (tertiary/aromatic N) is 3. The van der Waals surface area contributed by atoms with Gasteiger partial charge in [0.1, 0.15) is 0 Å². The van der Waals surface area contributed by atoms with Gasteiger partial charge < -0.3 is 19.7 Å². The highest BCUT2D eigenvalue weighted by Gasteiger charge is 2.45. The molecule has 0 saturated heterocycles. The summed E-state index contributed by atoms with van der Waals surface area (Å²) in [5, 5.41) is 16.9. The van der Waals surface area contributed by atoms with Crippen molar-refractivity contribution in [2.75, 3.05) is 45.0 Å². The summed E-state index contributed by atoms with van der Waals surface area (Å²) in [6, 6.07) is 15.1. The molecule has 4 rings (SSSR count). The summed E-state index contributed by atoms with van der Waals surface area (Å²) in [4.78, 5) is 43.7. The van der Waals surface area contributed by atoms with E-state index in [1.807, 2.05) is 75.1 Å². The molecule has 1 aliphatic rings. The molecule has 0 spiro atoms. The molecule has 0 unspecified atom stereocenters. The SMILES string of the molecule is CN(C(=O)C1(CC(=O)[O-])Cc2ccccc2C1)c1nc(-c2cccc(NC(=O)C[N+](C)(C)C)c2)cs1. The molecule has 8 nitrogen and oxygen atoms in total. The molecular formula is C27H30N4O4S. The molecule has 0 atom stereocenters. The fourth-order valence-electron chi connectivity index (χ4n) is 4.70. The molecule has 1 heterocycles. The zero-order valence-corrected chi connectivity index (χ0v) is 21.7. The van der Waals surface area contributed by atoms with E-state index >= 15 is 0 Å². The van der Waals surface area contributed by atoms with E-state index in [1.165, 1.54) is 16.2 Å².